The highest BCUT2D eigenvalue weighted by molar-refractivity contribution is 5.81. The summed E-state index contributed by atoms with van der Waals surface area (Å²) in [5.41, 5.74) is -0.499. The van der Waals surface area contributed by atoms with Crippen LogP contribution in [0.25, 0.3) is 5.78 Å². The number of rotatable bonds is 3. The van der Waals surface area contributed by atoms with Crippen molar-refractivity contribution in [2.75, 3.05) is 20.7 Å². The average molecular weight is 336 g/mol. The Bertz CT molecular complexity index is 826. The third-order valence-corrected chi connectivity index (χ3v) is 4.03. The van der Waals surface area contributed by atoms with Crippen molar-refractivity contribution < 1.29 is 14.9 Å². The molecule has 0 bridgehead atoms. The highest BCUT2D eigenvalue weighted by Crippen LogP contribution is 2.29. The largest absolute Gasteiger partial charge is 0.394 e. The molecule has 3 atom stereocenters. The van der Waals surface area contributed by atoms with E-state index in [1.165, 1.54) is 10.6 Å². The third kappa shape index (κ3) is 2.90. The fourth-order valence-corrected chi connectivity index (χ4v) is 2.48. The molecule has 0 aromatic carbocycles. The van der Waals surface area contributed by atoms with Crippen LogP contribution in [-0.2, 0) is 4.74 Å². The number of fused-ring (bicyclic) bond motifs is 1. The van der Waals surface area contributed by atoms with Gasteiger partial charge in [0.2, 0.25) is 5.78 Å². The molecule has 130 valence electrons. The monoisotopic (exact) mass is 336 g/mol. The Morgan fingerprint density at radius 3 is 2.83 bits per heavy atom. The molecule has 0 aliphatic carbocycles. The van der Waals surface area contributed by atoms with Crippen LogP contribution in [0.3, 0.4) is 0 Å². The van der Waals surface area contributed by atoms with E-state index in [2.05, 4.69) is 15.0 Å². The molecule has 1 aliphatic heterocycles. The van der Waals surface area contributed by atoms with E-state index < -0.39 is 24.1 Å². The quantitative estimate of drug-likeness (QED) is 0.553. The fraction of sp³-hybridized carbons (Fsp3) is 0.571. The number of nitrogens with zero attached hydrogens (tertiary/aromatic N) is 6. The zero-order chi connectivity index (χ0) is 17.4. The minimum Gasteiger partial charge on any atom is -0.394 e. The summed E-state index contributed by atoms with van der Waals surface area (Å²) >= 11 is 0. The smallest absolute Gasteiger partial charge is 0.357 e. The van der Waals surface area contributed by atoms with Gasteiger partial charge in [0.25, 0.3) is 5.95 Å². The average Bonchev–Trinajstić information content (AvgIpc) is 3.10. The molecule has 2 aromatic rings. The van der Waals surface area contributed by atoms with Crippen LogP contribution in [0.15, 0.2) is 22.2 Å². The number of ether oxygens (including phenoxy) is 1. The Morgan fingerprint density at radius 1 is 1.46 bits per heavy atom. The lowest BCUT2D eigenvalue weighted by molar-refractivity contribution is -0.0432. The Morgan fingerprint density at radius 2 is 2.21 bits per heavy atom. The van der Waals surface area contributed by atoms with E-state index in [0.29, 0.717) is 18.0 Å². The molecule has 1 fully saturated rings. The van der Waals surface area contributed by atoms with Crippen LogP contribution in [0.5, 0.6) is 0 Å². The van der Waals surface area contributed by atoms with Crippen LogP contribution in [0.2, 0.25) is 0 Å². The maximum absolute atomic E-state index is 12.1. The number of amidine groups is 1. The van der Waals surface area contributed by atoms with Gasteiger partial charge in [-0.05, 0) is 6.92 Å². The second-order valence-corrected chi connectivity index (χ2v) is 5.85. The molecule has 0 radical (unpaired) electrons. The summed E-state index contributed by atoms with van der Waals surface area (Å²) in [7, 11) is 3.66. The summed E-state index contributed by atoms with van der Waals surface area (Å²) in [6.45, 7) is 1.51. The predicted molar refractivity (Wildman–Crippen MR) is 85.3 cm³/mol. The molecule has 0 saturated carbocycles. The lowest BCUT2D eigenvalue weighted by Gasteiger charge is -2.14. The third-order valence-electron chi connectivity index (χ3n) is 4.03. The summed E-state index contributed by atoms with van der Waals surface area (Å²) in [5.74, 6) is 1.03. The van der Waals surface area contributed by atoms with Gasteiger partial charge in [-0.15, -0.1) is 0 Å². The first kappa shape index (κ1) is 16.6. The summed E-state index contributed by atoms with van der Waals surface area (Å²) in [4.78, 5) is 26.3. The van der Waals surface area contributed by atoms with Crippen molar-refractivity contribution in [3.8, 4) is 0 Å². The molecule has 24 heavy (non-hydrogen) atoms. The van der Waals surface area contributed by atoms with E-state index in [9.17, 15) is 15.0 Å². The standard InChI is InChI=1S/C14H20N6O4/c1-8(18(2)3)15-12-16-13-19(4-5-20(13)14(23)17-12)11-6-9(22)10(7-21)24-11/h4-5,9-11,21-22H,6-7H2,1-3H3/b15-8+/t9-,10+,11+/m0/s1. The molecule has 1 saturated heterocycles. The first-order valence-electron chi connectivity index (χ1n) is 7.55. The van der Waals surface area contributed by atoms with Crippen molar-refractivity contribution in [3.63, 3.8) is 0 Å². The number of aliphatic imine (C=N–C) groups is 1. The Kier molecular flexibility index (Phi) is 4.35. The molecule has 1 aliphatic rings. The van der Waals surface area contributed by atoms with E-state index in [1.807, 2.05) is 14.1 Å². The van der Waals surface area contributed by atoms with Gasteiger partial charge < -0.3 is 19.8 Å². The van der Waals surface area contributed by atoms with Gasteiger partial charge in [0.15, 0.2) is 0 Å². The molecule has 0 spiro atoms. The number of hydrogen-bond acceptors (Lipinski definition) is 7. The number of hydrogen-bond donors (Lipinski definition) is 2. The van der Waals surface area contributed by atoms with Gasteiger partial charge in [0.05, 0.1) is 12.7 Å². The maximum atomic E-state index is 12.1. The van der Waals surface area contributed by atoms with E-state index in [1.54, 1.807) is 22.6 Å². The lowest BCUT2D eigenvalue weighted by Crippen LogP contribution is -2.24. The first-order chi connectivity index (χ1) is 11.4. The number of aromatic nitrogens is 4. The van der Waals surface area contributed by atoms with Crippen LogP contribution in [0.4, 0.5) is 5.95 Å². The first-order valence-corrected chi connectivity index (χ1v) is 7.55. The van der Waals surface area contributed by atoms with Gasteiger partial charge in [-0.25, -0.2) is 9.20 Å². The van der Waals surface area contributed by atoms with Gasteiger partial charge in [-0.1, -0.05) is 0 Å². The second-order valence-electron chi connectivity index (χ2n) is 5.85. The van der Waals surface area contributed by atoms with Crippen molar-refractivity contribution in [1.29, 1.82) is 0 Å². The van der Waals surface area contributed by atoms with Crippen molar-refractivity contribution >= 4 is 17.6 Å². The molecule has 2 N–H and O–H groups in total. The maximum Gasteiger partial charge on any atom is 0.357 e. The molecular formula is C14H20N6O4. The predicted octanol–water partition coefficient (Wildman–Crippen LogP) is -0.857. The van der Waals surface area contributed by atoms with E-state index in [-0.39, 0.29) is 12.6 Å². The summed E-state index contributed by atoms with van der Waals surface area (Å²) in [6, 6.07) is 0. The van der Waals surface area contributed by atoms with Gasteiger partial charge >= 0.3 is 5.69 Å². The molecule has 10 heteroatoms. The number of aliphatic hydroxyl groups excluding tert-OH is 2. The summed E-state index contributed by atoms with van der Waals surface area (Å²) in [6.07, 6.45) is 1.51. The van der Waals surface area contributed by atoms with Crippen LogP contribution < -0.4 is 5.69 Å². The highest BCUT2D eigenvalue weighted by atomic mass is 16.5. The molecule has 0 unspecified atom stereocenters. The van der Waals surface area contributed by atoms with Gasteiger partial charge in [-0.2, -0.15) is 15.0 Å². The molecule has 3 heterocycles. The van der Waals surface area contributed by atoms with Crippen LogP contribution in [0, 0.1) is 0 Å². The highest BCUT2D eigenvalue weighted by Gasteiger charge is 2.35. The minimum atomic E-state index is -0.774. The minimum absolute atomic E-state index is 0.0587. The van der Waals surface area contributed by atoms with Gasteiger partial charge in [-0.3, -0.25) is 4.57 Å². The van der Waals surface area contributed by atoms with E-state index >= 15 is 0 Å². The zero-order valence-electron chi connectivity index (χ0n) is 13.7. The van der Waals surface area contributed by atoms with Gasteiger partial charge in [0, 0.05) is 32.9 Å². The van der Waals surface area contributed by atoms with Crippen LogP contribution in [-0.4, -0.2) is 72.8 Å². The second kappa shape index (κ2) is 6.30. The molecule has 3 rings (SSSR count). The van der Waals surface area contributed by atoms with Gasteiger partial charge in [0.1, 0.15) is 18.2 Å². The van der Waals surface area contributed by atoms with Crippen LogP contribution >= 0.6 is 0 Å². The Balaban J connectivity index is 2.03. The SMILES string of the molecule is C/C(=N\c1nc(=O)n2ccn([C@H]3C[C@H](O)[C@@H](CO)O3)c2n1)N(C)C. The zero-order valence-corrected chi connectivity index (χ0v) is 13.7. The number of imidazole rings is 1. The fourth-order valence-electron chi connectivity index (χ4n) is 2.48. The molecule has 2 aromatic heterocycles. The molecule has 10 nitrogen and oxygen atoms in total. The molecular weight excluding hydrogens is 316 g/mol. The topological polar surface area (TPSA) is 117 Å². The van der Waals surface area contributed by atoms with E-state index in [4.69, 9.17) is 4.74 Å². The number of aliphatic hydroxyl groups is 2. The van der Waals surface area contributed by atoms with Crippen molar-refractivity contribution in [2.24, 2.45) is 4.99 Å². The van der Waals surface area contributed by atoms with Crippen molar-refractivity contribution in [2.45, 2.75) is 31.8 Å². The Hall–Kier alpha value is -2.30. The molecule has 0 amide bonds. The van der Waals surface area contributed by atoms with Crippen molar-refractivity contribution in [3.05, 3.63) is 22.9 Å². The summed E-state index contributed by atoms with van der Waals surface area (Å²) in [5, 5.41) is 19.1. The van der Waals surface area contributed by atoms with E-state index in [0.717, 1.165) is 0 Å². The summed E-state index contributed by atoms with van der Waals surface area (Å²) < 4.78 is 8.53. The normalized spacial score (nSPS) is 24.7. The van der Waals surface area contributed by atoms with Crippen LogP contribution in [0.1, 0.15) is 19.6 Å². The lowest BCUT2D eigenvalue weighted by atomic mass is 10.2. The van der Waals surface area contributed by atoms with Crippen molar-refractivity contribution in [1.82, 2.24) is 23.8 Å². The Labute approximate surface area is 137 Å².